The van der Waals surface area contributed by atoms with Crippen LogP contribution < -0.4 is 11.9 Å². The maximum absolute atomic E-state index is 10.4. The Balaban J connectivity index is -0.0000000469. The van der Waals surface area contributed by atoms with Crippen molar-refractivity contribution < 1.29 is 30.4 Å². The summed E-state index contributed by atoms with van der Waals surface area (Å²) < 4.78 is 0. The van der Waals surface area contributed by atoms with E-state index in [1.54, 1.807) is 20.8 Å². The molecule has 2 atom stereocenters. The summed E-state index contributed by atoms with van der Waals surface area (Å²) in [4.78, 5) is 18.7. The molecule has 0 aromatic carbocycles. The second kappa shape index (κ2) is 15.8. The Morgan fingerprint density at radius 3 is 1.61 bits per heavy atom. The van der Waals surface area contributed by atoms with E-state index in [1.165, 1.54) is 0 Å². The van der Waals surface area contributed by atoms with Crippen molar-refractivity contribution in [2.75, 3.05) is 0 Å². The van der Waals surface area contributed by atoms with Gasteiger partial charge < -0.3 is 32.7 Å². The van der Waals surface area contributed by atoms with Crippen LogP contribution in [0.5, 0.6) is 0 Å². The minimum Gasteiger partial charge on any atom is -0.483 e. The van der Waals surface area contributed by atoms with Gasteiger partial charge in [-0.2, -0.15) is 0 Å². The van der Waals surface area contributed by atoms with Crippen molar-refractivity contribution in [2.45, 2.75) is 47.3 Å². The van der Waals surface area contributed by atoms with Crippen LogP contribution in [-0.4, -0.2) is 44.9 Å². The molecule has 0 aliphatic carbocycles. The van der Waals surface area contributed by atoms with Crippen molar-refractivity contribution in [2.24, 2.45) is 11.7 Å². The van der Waals surface area contributed by atoms with Gasteiger partial charge in [0, 0.05) is 5.92 Å². The van der Waals surface area contributed by atoms with Crippen LogP contribution in [0.3, 0.4) is 0 Å². The normalized spacial score (nSPS) is 11.4. The van der Waals surface area contributed by atoms with Crippen LogP contribution >= 0.6 is 0 Å². The molecule has 0 radical (unpaired) electrons. The van der Waals surface area contributed by atoms with Crippen molar-refractivity contribution in [1.29, 1.82) is 0 Å². The van der Waals surface area contributed by atoms with Crippen molar-refractivity contribution >= 4 is 12.4 Å². The first-order valence-electron chi connectivity index (χ1n) is 3.97. The number of aliphatic hydroxyl groups is 1. The fourth-order valence-electron chi connectivity index (χ4n) is 0.653. The van der Waals surface area contributed by atoms with Crippen LogP contribution in [0, 0.1) is 5.92 Å². The Labute approximate surface area is 109 Å². The van der Waals surface area contributed by atoms with Gasteiger partial charge in [-0.1, -0.05) is 21.8 Å². The van der Waals surface area contributed by atoms with Crippen LogP contribution in [0.25, 0.3) is 0 Å². The summed E-state index contributed by atoms with van der Waals surface area (Å²) in [6.07, 6.45) is 0. The molecule has 0 rings (SSSR count). The highest BCUT2D eigenvalue weighted by molar-refractivity contribution is 5.73. The highest BCUT2D eigenvalue weighted by Gasteiger charge is 2.31. The molecule has 0 saturated carbocycles. The molecule has 8 heteroatoms. The third-order valence-corrected chi connectivity index (χ3v) is 1.94. The van der Waals surface area contributed by atoms with Gasteiger partial charge in [-0.15, -0.1) is 0 Å². The molecule has 0 spiro atoms. The summed E-state index contributed by atoms with van der Waals surface area (Å²) in [5.74, 6) is -1.54. The molecule has 10 N–H and O–H groups in total. The first kappa shape index (κ1) is 36.0. The van der Waals surface area contributed by atoms with Gasteiger partial charge in [-0.05, 0) is 13.8 Å². The molecule has 0 amide bonds. The van der Waals surface area contributed by atoms with Gasteiger partial charge in [0.05, 0.1) is 5.60 Å². The number of carbonyl (C=O) groups is 2. The van der Waals surface area contributed by atoms with Crippen molar-refractivity contribution in [3.63, 3.8) is 0 Å². The summed E-state index contributed by atoms with van der Waals surface area (Å²) in [6.45, 7) is 4.44. The number of carboxylic acid groups (broad SMARTS) is 2. The molecule has 18 heavy (non-hydrogen) atoms. The molecular weight excluding hydrogens is 244 g/mol. The zero-order chi connectivity index (χ0) is 11.9. The molecule has 0 unspecified atom stereocenters. The number of hydrogen-bond donors (Lipinski definition) is 5. The highest BCUT2D eigenvalue weighted by Crippen LogP contribution is 2.18. The summed E-state index contributed by atoms with van der Waals surface area (Å²) in [7, 11) is 0. The molecule has 0 heterocycles. The van der Waals surface area contributed by atoms with Gasteiger partial charge in [-0.3, -0.25) is 9.59 Å². The standard InChI is InChI=1S/C7H15NO3.CH2O2.2CH4.H3N.H2O/c1-4(7(2,3)11)5(8)6(9)10;2-1-3;;;;/h4-5,11H,8H2,1-3H3,(H,9,10);1H,(H,2,3);2*1H4;1H3;1H2/t4-,5-;;;;;/m1...../s1. The lowest BCUT2D eigenvalue weighted by Gasteiger charge is -2.28. The first-order valence-corrected chi connectivity index (χ1v) is 3.97. The molecule has 0 aliphatic heterocycles. The zero-order valence-electron chi connectivity index (χ0n) is 9.67. The molecule has 0 saturated heterocycles. The quantitative estimate of drug-likeness (QED) is 0.451. The first-order chi connectivity index (χ1) is 6.18. The summed E-state index contributed by atoms with van der Waals surface area (Å²) in [5, 5.41) is 24.7. The van der Waals surface area contributed by atoms with Gasteiger partial charge in [0.15, 0.2) is 0 Å². The summed E-state index contributed by atoms with van der Waals surface area (Å²) >= 11 is 0. The molecule has 8 nitrogen and oxygen atoms in total. The van der Waals surface area contributed by atoms with Crippen LogP contribution in [0.4, 0.5) is 0 Å². The van der Waals surface area contributed by atoms with E-state index in [-0.39, 0.29) is 33.0 Å². The Bertz CT molecular complexity index is 193. The fourth-order valence-corrected chi connectivity index (χ4v) is 0.653. The maximum Gasteiger partial charge on any atom is 0.320 e. The van der Waals surface area contributed by atoms with E-state index in [2.05, 4.69) is 0 Å². The van der Waals surface area contributed by atoms with E-state index in [9.17, 15) is 9.90 Å². The van der Waals surface area contributed by atoms with Crippen molar-refractivity contribution in [1.82, 2.24) is 6.15 Å². The fraction of sp³-hybridized carbons (Fsp3) is 0.800. The van der Waals surface area contributed by atoms with Crippen LogP contribution in [0.2, 0.25) is 0 Å². The number of nitrogens with two attached hydrogens (primary N) is 1. The Kier molecular flexibility index (Phi) is 31.5. The number of rotatable bonds is 3. The second-order valence-corrected chi connectivity index (χ2v) is 3.41. The minimum atomic E-state index is -1.08. The summed E-state index contributed by atoms with van der Waals surface area (Å²) in [6, 6.07) is -1.00. The Morgan fingerprint density at radius 1 is 1.33 bits per heavy atom. The molecular formula is C10H30N2O6. The Hall–Kier alpha value is -1.22. The SMILES string of the molecule is C.C.C[C@H]([C@@H](N)C(=O)O)C(C)(C)O.N.O.O=CO. The lowest BCUT2D eigenvalue weighted by molar-refractivity contribution is -0.142. The number of aliphatic carboxylic acids is 1. The van der Waals surface area contributed by atoms with Gasteiger partial charge in [0.2, 0.25) is 0 Å². The van der Waals surface area contributed by atoms with Crippen LogP contribution in [0.1, 0.15) is 35.6 Å². The van der Waals surface area contributed by atoms with Crippen LogP contribution in [0.15, 0.2) is 0 Å². The average molecular weight is 274 g/mol. The van der Waals surface area contributed by atoms with E-state index in [4.69, 9.17) is 20.7 Å². The van der Waals surface area contributed by atoms with E-state index < -0.39 is 23.5 Å². The highest BCUT2D eigenvalue weighted by atomic mass is 16.4. The number of carboxylic acids is 1. The van der Waals surface area contributed by atoms with Crippen LogP contribution in [-0.2, 0) is 9.59 Å². The lowest BCUT2D eigenvalue weighted by atomic mass is 9.87. The zero-order valence-corrected chi connectivity index (χ0v) is 9.67. The smallest absolute Gasteiger partial charge is 0.320 e. The molecule has 0 aromatic heterocycles. The minimum absolute atomic E-state index is 0. The predicted molar refractivity (Wildman–Crippen MR) is 71.9 cm³/mol. The maximum atomic E-state index is 10.4. The predicted octanol–water partition coefficient (Wildman–Crippen LogP) is 0.116. The molecule has 0 bridgehead atoms. The topological polar surface area (TPSA) is 187 Å². The van der Waals surface area contributed by atoms with E-state index >= 15 is 0 Å². The van der Waals surface area contributed by atoms with Crippen molar-refractivity contribution in [3.05, 3.63) is 0 Å². The van der Waals surface area contributed by atoms with E-state index in [0.29, 0.717) is 0 Å². The van der Waals surface area contributed by atoms with Gasteiger partial charge in [0.25, 0.3) is 6.47 Å². The summed E-state index contributed by atoms with van der Waals surface area (Å²) in [5.41, 5.74) is 4.24. The second-order valence-electron chi connectivity index (χ2n) is 3.41. The monoisotopic (exact) mass is 274 g/mol. The largest absolute Gasteiger partial charge is 0.483 e. The lowest BCUT2D eigenvalue weighted by Crippen LogP contribution is -2.46. The average Bonchev–Trinajstić information content (AvgIpc) is 2.01. The van der Waals surface area contributed by atoms with Gasteiger partial charge in [0.1, 0.15) is 6.04 Å². The van der Waals surface area contributed by atoms with Gasteiger partial charge in [-0.25, -0.2) is 0 Å². The molecule has 0 fully saturated rings. The van der Waals surface area contributed by atoms with Crippen molar-refractivity contribution in [3.8, 4) is 0 Å². The molecule has 0 aliphatic rings. The third kappa shape index (κ3) is 17.2. The Morgan fingerprint density at radius 2 is 1.56 bits per heavy atom. The molecule has 0 aromatic rings. The van der Waals surface area contributed by atoms with Gasteiger partial charge >= 0.3 is 5.97 Å². The number of hydrogen-bond acceptors (Lipinski definition) is 5. The van der Waals surface area contributed by atoms with E-state index in [0.717, 1.165) is 0 Å². The van der Waals surface area contributed by atoms with E-state index in [1.807, 2.05) is 0 Å². The molecule has 116 valence electrons. The third-order valence-electron chi connectivity index (χ3n) is 1.94.